The van der Waals surface area contributed by atoms with Crippen molar-refractivity contribution in [3.63, 3.8) is 0 Å². The molecule has 18 heavy (non-hydrogen) atoms. The van der Waals surface area contributed by atoms with Crippen LogP contribution in [0.15, 0.2) is 0 Å². The molecule has 0 aliphatic carbocycles. The van der Waals surface area contributed by atoms with E-state index in [0.717, 1.165) is 6.42 Å². The molecule has 2 heterocycles. The average Bonchev–Trinajstić information content (AvgIpc) is 2.53. The Morgan fingerprint density at radius 2 is 2.28 bits per heavy atom. The molecule has 0 saturated carbocycles. The van der Waals surface area contributed by atoms with Crippen molar-refractivity contribution in [1.29, 1.82) is 0 Å². The molecule has 1 aromatic heterocycles. The van der Waals surface area contributed by atoms with Gasteiger partial charge in [-0.1, -0.05) is 0 Å². The van der Waals surface area contributed by atoms with Gasteiger partial charge in [0.2, 0.25) is 17.1 Å². The van der Waals surface area contributed by atoms with Crippen LogP contribution in [0.25, 0.3) is 0 Å². The third-order valence-electron chi connectivity index (χ3n) is 2.39. The zero-order valence-corrected chi connectivity index (χ0v) is 10.8. The SMILES string of the molecule is CCOc1nc(Cl)nc(N2CCCNC(=O)C2)n1. The number of nitrogens with zero attached hydrogens (tertiary/aromatic N) is 4. The highest BCUT2D eigenvalue weighted by Crippen LogP contribution is 2.16. The fourth-order valence-corrected chi connectivity index (χ4v) is 1.78. The molecule has 0 bridgehead atoms. The normalized spacial score (nSPS) is 16.1. The van der Waals surface area contributed by atoms with Crippen LogP contribution in [0.5, 0.6) is 6.01 Å². The Bertz CT molecular complexity index is 442. The first-order valence-electron chi connectivity index (χ1n) is 5.75. The van der Waals surface area contributed by atoms with Gasteiger partial charge in [-0.3, -0.25) is 4.79 Å². The van der Waals surface area contributed by atoms with Crippen molar-refractivity contribution in [2.24, 2.45) is 0 Å². The molecule has 7 nitrogen and oxygen atoms in total. The van der Waals surface area contributed by atoms with Gasteiger partial charge in [0, 0.05) is 13.1 Å². The molecule has 1 aliphatic rings. The lowest BCUT2D eigenvalue weighted by molar-refractivity contribution is -0.119. The summed E-state index contributed by atoms with van der Waals surface area (Å²) in [5.41, 5.74) is 0. The molecule has 0 radical (unpaired) electrons. The van der Waals surface area contributed by atoms with Gasteiger partial charge in [0.15, 0.2) is 0 Å². The Labute approximate surface area is 110 Å². The van der Waals surface area contributed by atoms with E-state index >= 15 is 0 Å². The lowest BCUT2D eigenvalue weighted by Crippen LogP contribution is -2.34. The molecule has 0 spiro atoms. The van der Waals surface area contributed by atoms with Crippen molar-refractivity contribution < 1.29 is 9.53 Å². The number of rotatable bonds is 3. The van der Waals surface area contributed by atoms with Gasteiger partial charge in [0.05, 0.1) is 13.2 Å². The lowest BCUT2D eigenvalue weighted by Gasteiger charge is -2.18. The molecule has 1 aromatic rings. The number of hydrogen-bond donors (Lipinski definition) is 1. The highest BCUT2D eigenvalue weighted by molar-refractivity contribution is 6.28. The van der Waals surface area contributed by atoms with Crippen LogP contribution in [0.4, 0.5) is 5.95 Å². The summed E-state index contributed by atoms with van der Waals surface area (Å²) < 4.78 is 5.20. The van der Waals surface area contributed by atoms with E-state index in [0.29, 0.717) is 25.6 Å². The topological polar surface area (TPSA) is 80.2 Å². The smallest absolute Gasteiger partial charge is 0.322 e. The molecular formula is C10H14ClN5O2. The van der Waals surface area contributed by atoms with E-state index in [1.807, 2.05) is 6.92 Å². The van der Waals surface area contributed by atoms with Crippen LogP contribution in [0.3, 0.4) is 0 Å². The predicted molar refractivity (Wildman–Crippen MR) is 65.8 cm³/mol. The second kappa shape index (κ2) is 5.81. The van der Waals surface area contributed by atoms with Crippen LogP contribution in [-0.4, -0.2) is 47.1 Å². The van der Waals surface area contributed by atoms with Crippen LogP contribution in [0.2, 0.25) is 5.28 Å². The minimum Gasteiger partial charge on any atom is -0.464 e. The second-order valence-electron chi connectivity index (χ2n) is 3.75. The quantitative estimate of drug-likeness (QED) is 0.849. The van der Waals surface area contributed by atoms with E-state index in [9.17, 15) is 4.79 Å². The number of hydrogen-bond acceptors (Lipinski definition) is 6. The highest BCUT2D eigenvalue weighted by Gasteiger charge is 2.19. The van der Waals surface area contributed by atoms with Gasteiger partial charge in [-0.15, -0.1) is 0 Å². The summed E-state index contributed by atoms with van der Waals surface area (Å²) in [5, 5.41) is 2.85. The largest absolute Gasteiger partial charge is 0.464 e. The molecule has 98 valence electrons. The number of anilines is 1. The zero-order chi connectivity index (χ0) is 13.0. The number of nitrogens with one attached hydrogen (secondary N) is 1. The molecular weight excluding hydrogens is 258 g/mol. The van der Waals surface area contributed by atoms with E-state index in [-0.39, 0.29) is 23.7 Å². The Hall–Kier alpha value is -1.63. The standard InChI is InChI=1S/C10H14ClN5O2/c1-2-18-10-14-8(11)13-9(15-10)16-5-3-4-12-7(17)6-16/h2-6H2,1H3,(H,12,17). The van der Waals surface area contributed by atoms with Gasteiger partial charge in [-0.2, -0.15) is 15.0 Å². The van der Waals surface area contributed by atoms with Gasteiger partial charge in [0.25, 0.3) is 0 Å². The van der Waals surface area contributed by atoms with E-state index in [1.54, 1.807) is 4.90 Å². The molecule has 1 aliphatic heterocycles. The zero-order valence-electron chi connectivity index (χ0n) is 10.0. The number of aromatic nitrogens is 3. The van der Waals surface area contributed by atoms with Crippen LogP contribution in [0, 0.1) is 0 Å². The predicted octanol–water partition coefficient (Wildman–Crippen LogP) is 0.250. The summed E-state index contributed by atoms with van der Waals surface area (Å²) in [7, 11) is 0. The second-order valence-corrected chi connectivity index (χ2v) is 4.08. The summed E-state index contributed by atoms with van der Waals surface area (Å²) in [4.78, 5) is 25.3. The van der Waals surface area contributed by atoms with Crippen molar-refractivity contribution in [3.8, 4) is 6.01 Å². The van der Waals surface area contributed by atoms with E-state index < -0.39 is 0 Å². The minimum absolute atomic E-state index is 0.0537. The molecule has 0 unspecified atom stereocenters. The Kier molecular flexibility index (Phi) is 4.14. The molecule has 0 aromatic carbocycles. The first-order chi connectivity index (χ1) is 8.69. The van der Waals surface area contributed by atoms with E-state index in [2.05, 4.69) is 20.3 Å². The molecule has 1 amide bonds. The number of ether oxygens (including phenoxy) is 1. The van der Waals surface area contributed by atoms with E-state index in [1.165, 1.54) is 0 Å². The van der Waals surface area contributed by atoms with Crippen molar-refractivity contribution in [3.05, 3.63) is 5.28 Å². The fraction of sp³-hybridized carbons (Fsp3) is 0.600. The van der Waals surface area contributed by atoms with Gasteiger partial charge >= 0.3 is 6.01 Å². The van der Waals surface area contributed by atoms with Crippen LogP contribution in [0.1, 0.15) is 13.3 Å². The Morgan fingerprint density at radius 3 is 3.06 bits per heavy atom. The Morgan fingerprint density at radius 1 is 1.44 bits per heavy atom. The first kappa shape index (κ1) is 12.8. The highest BCUT2D eigenvalue weighted by atomic mass is 35.5. The fourth-order valence-electron chi connectivity index (χ4n) is 1.63. The van der Waals surface area contributed by atoms with E-state index in [4.69, 9.17) is 16.3 Å². The maximum absolute atomic E-state index is 11.5. The lowest BCUT2D eigenvalue weighted by atomic mass is 10.4. The molecule has 1 saturated heterocycles. The Balaban J connectivity index is 2.22. The van der Waals surface area contributed by atoms with Crippen molar-refractivity contribution in [2.75, 3.05) is 31.1 Å². The van der Waals surface area contributed by atoms with Gasteiger partial charge in [-0.05, 0) is 24.9 Å². The summed E-state index contributed by atoms with van der Waals surface area (Å²) in [5.74, 6) is 0.317. The van der Waals surface area contributed by atoms with Crippen LogP contribution >= 0.6 is 11.6 Å². The molecule has 0 atom stereocenters. The number of halogens is 1. The summed E-state index contributed by atoms with van der Waals surface area (Å²) in [6.07, 6.45) is 0.832. The van der Waals surface area contributed by atoms with Gasteiger partial charge in [0.1, 0.15) is 0 Å². The van der Waals surface area contributed by atoms with Gasteiger partial charge in [-0.25, -0.2) is 0 Å². The third kappa shape index (κ3) is 3.19. The van der Waals surface area contributed by atoms with Gasteiger partial charge < -0.3 is 15.0 Å². The molecule has 1 N–H and O–H groups in total. The molecule has 2 rings (SSSR count). The molecule has 1 fully saturated rings. The van der Waals surface area contributed by atoms with Crippen molar-refractivity contribution in [2.45, 2.75) is 13.3 Å². The molecule has 8 heteroatoms. The number of carbonyl (C=O) groups is 1. The monoisotopic (exact) mass is 271 g/mol. The average molecular weight is 272 g/mol. The summed E-state index contributed by atoms with van der Waals surface area (Å²) in [6, 6.07) is 0.178. The van der Waals surface area contributed by atoms with Crippen LogP contribution in [-0.2, 0) is 4.79 Å². The number of carbonyl (C=O) groups excluding carboxylic acids is 1. The van der Waals surface area contributed by atoms with Crippen molar-refractivity contribution in [1.82, 2.24) is 20.3 Å². The van der Waals surface area contributed by atoms with Crippen LogP contribution < -0.4 is 15.0 Å². The number of amides is 1. The maximum atomic E-state index is 11.5. The maximum Gasteiger partial charge on any atom is 0.322 e. The summed E-state index contributed by atoms with van der Waals surface area (Å²) in [6.45, 7) is 3.83. The third-order valence-corrected chi connectivity index (χ3v) is 2.56. The summed E-state index contributed by atoms with van der Waals surface area (Å²) >= 11 is 5.81. The minimum atomic E-state index is -0.0537. The van der Waals surface area contributed by atoms with Crippen molar-refractivity contribution >= 4 is 23.5 Å². The first-order valence-corrected chi connectivity index (χ1v) is 6.13.